The lowest BCUT2D eigenvalue weighted by molar-refractivity contribution is 0.483. The number of thiophene rings is 1. The molecular weight excluding hydrogens is 208 g/mol. The van der Waals surface area contributed by atoms with Crippen LogP contribution >= 0.6 is 11.3 Å². The summed E-state index contributed by atoms with van der Waals surface area (Å²) in [7, 11) is -4.07. The van der Waals surface area contributed by atoms with Crippen LogP contribution in [0.1, 0.15) is 0 Å². The molecule has 13 heavy (non-hydrogen) atoms. The molecule has 1 N–H and O–H groups in total. The second kappa shape index (κ2) is 2.80. The first-order chi connectivity index (χ1) is 6.07. The van der Waals surface area contributed by atoms with Gasteiger partial charge in [-0.15, -0.1) is 11.3 Å². The van der Waals surface area contributed by atoms with Gasteiger partial charge in [0.25, 0.3) is 10.1 Å². The SMILES string of the molecule is O=S(=O)(O)c1ccc2sccc2c1. The van der Waals surface area contributed by atoms with Gasteiger partial charge in [0.05, 0.1) is 4.90 Å². The lowest BCUT2D eigenvalue weighted by Gasteiger charge is -1.95. The third-order valence-electron chi connectivity index (χ3n) is 1.72. The molecule has 1 aromatic carbocycles. The van der Waals surface area contributed by atoms with Crippen LogP contribution in [-0.2, 0) is 10.1 Å². The van der Waals surface area contributed by atoms with E-state index in [1.807, 2.05) is 11.4 Å². The Bertz CT molecular complexity index is 539. The van der Waals surface area contributed by atoms with Gasteiger partial charge in [0.15, 0.2) is 0 Å². The van der Waals surface area contributed by atoms with Gasteiger partial charge in [0, 0.05) is 4.70 Å². The molecule has 3 nitrogen and oxygen atoms in total. The molecule has 0 spiro atoms. The van der Waals surface area contributed by atoms with Gasteiger partial charge in [0.1, 0.15) is 0 Å². The fraction of sp³-hybridized carbons (Fsp3) is 0. The lowest BCUT2D eigenvalue weighted by atomic mass is 10.3. The minimum atomic E-state index is -4.07. The van der Waals surface area contributed by atoms with E-state index in [-0.39, 0.29) is 4.90 Å². The highest BCUT2D eigenvalue weighted by Crippen LogP contribution is 2.23. The van der Waals surface area contributed by atoms with Crippen molar-refractivity contribution in [3.8, 4) is 0 Å². The average Bonchev–Trinajstić information content (AvgIpc) is 2.47. The van der Waals surface area contributed by atoms with Gasteiger partial charge in [-0.05, 0) is 35.0 Å². The topological polar surface area (TPSA) is 54.4 Å². The zero-order valence-electron chi connectivity index (χ0n) is 6.47. The van der Waals surface area contributed by atoms with Crippen molar-refractivity contribution in [1.29, 1.82) is 0 Å². The molecule has 0 atom stereocenters. The maximum atomic E-state index is 10.8. The number of benzene rings is 1. The van der Waals surface area contributed by atoms with E-state index in [0.717, 1.165) is 10.1 Å². The molecule has 0 aliphatic carbocycles. The van der Waals surface area contributed by atoms with Crippen molar-refractivity contribution in [2.24, 2.45) is 0 Å². The van der Waals surface area contributed by atoms with Crippen LogP contribution in [0.5, 0.6) is 0 Å². The zero-order chi connectivity index (χ0) is 9.47. The van der Waals surface area contributed by atoms with E-state index < -0.39 is 10.1 Å². The lowest BCUT2D eigenvalue weighted by Crippen LogP contribution is -1.96. The standard InChI is InChI=1S/C8H6O3S2/c9-13(10,11)7-1-2-8-6(5-7)3-4-12-8/h1-5H,(H,9,10,11). The van der Waals surface area contributed by atoms with E-state index >= 15 is 0 Å². The van der Waals surface area contributed by atoms with Crippen LogP contribution in [0.3, 0.4) is 0 Å². The van der Waals surface area contributed by atoms with Crippen LogP contribution in [0.25, 0.3) is 10.1 Å². The van der Waals surface area contributed by atoms with Crippen molar-refractivity contribution in [2.75, 3.05) is 0 Å². The molecule has 2 aromatic rings. The van der Waals surface area contributed by atoms with Gasteiger partial charge >= 0.3 is 0 Å². The van der Waals surface area contributed by atoms with Crippen molar-refractivity contribution < 1.29 is 13.0 Å². The van der Waals surface area contributed by atoms with Crippen molar-refractivity contribution in [3.63, 3.8) is 0 Å². The molecule has 5 heteroatoms. The summed E-state index contributed by atoms with van der Waals surface area (Å²) in [4.78, 5) is -0.0570. The molecule has 0 saturated heterocycles. The summed E-state index contributed by atoms with van der Waals surface area (Å²) in [6.07, 6.45) is 0. The summed E-state index contributed by atoms with van der Waals surface area (Å²) in [5.74, 6) is 0. The highest BCUT2D eigenvalue weighted by molar-refractivity contribution is 7.85. The van der Waals surface area contributed by atoms with E-state index in [1.165, 1.54) is 23.5 Å². The first-order valence-electron chi connectivity index (χ1n) is 3.52. The Balaban J connectivity index is 2.75. The van der Waals surface area contributed by atoms with Crippen LogP contribution in [0.15, 0.2) is 34.5 Å². The zero-order valence-corrected chi connectivity index (χ0v) is 8.10. The minimum absolute atomic E-state index is 0.0570. The van der Waals surface area contributed by atoms with Gasteiger partial charge in [-0.2, -0.15) is 8.42 Å². The van der Waals surface area contributed by atoms with E-state index in [9.17, 15) is 8.42 Å². The predicted octanol–water partition coefficient (Wildman–Crippen LogP) is 2.15. The maximum absolute atomic E-state index is 10.8. The van der Waals surface area contributed by atoms with Crippen LogP contribution in [0, 0.1) is 0 Å². The Hall–Kier alpha value is -0.910. The number of hydrogen-bond acceptors (Lipinski definition) is 3. The predicted molar refractivity (Wildman–Crippen MR) is 51.6 cm³/mol. The second-order valence-corrected chi connectivity index (χ2v) is 4.96. The molecule has 2 rings (SSSR count). The third-order valence-corrected chi connectivity index (χ3v) is 3.47. The highest BCUT2D eigenvalue weighted by atomic mass is 32.2. The summed E-state index contributed by atoms with van der Waals surface area (Å²) in [6.45, 7) is 0. The number of rotatable bonds is 1. The van der Waals surface area contributed by atoms with Crippen molar-refractivity contribution in [3.05, 3.63) is 29.6 Å². The largest absolute Gasteiger partial charge is 0.294 e. The van der Waals surface area contributed by atoms with Gasteiger partial charge < -0.3 is 0 Å². The van der Waals surface area contributed by atoms with Gasteiger partial charge in [0.2, 0.25) is 0 Å². The van der Waals surface area contributed by atoms with Crippen molar-refractivity contribution in [1.82, 2.24) is 0 Å². The Labute approximate surface area is 79.4 Å². The first kappa shape index (κ1) is 8.68. The summed E-state index contributed by atoms with van der Waals surface area (Å²) < 4.78 is 31.3. The Kier molecular flexibility index (Phi) is 1.87. The molecule has 0 amide bonds. The Morgan fingerprint density at radius 1 is 1.23 bits per heavy atom. The summed E-state index contributed by atoms with van der Waals surface area (Å²) >= 11 is 1.53. The smallest absolute Gasteiger partial charge is 0.282 e. The average molecular weight is 214 g/mol. The second-order valence-electron chi connectivity index (χ2n) is 2.60. The molecular formula is C8H6O3S2. The molecule has 0 saturated carbocycles. The molecule has 68 valence electrons. The van der Waals surface area contributed by atoms with Crippen LogP contribution in [0.4, 0.5) is 0 Å². The fourth-order valence-electron chi connectivity index (χ4n) is 1.11. The van der Waals surface area contributed by atoms with E-state index in [0.29, 0.717) is 0 Å². The molecule has 0 radical (unpaired) electrons. The van der Waals surface area contributed by atoms with E-state index in [4.69, 9.17) is 4.55 Å². The molecule has 1 aromatic heterocycles. The van der Waals surface area contributed by atoms with E-state index in [1.54, 1.807) is 6.07 Å². The number of fused-ring (bicyclic) bond motifs is 1. The van der Waals surface area contributed by atoms with Crippen molar-refractivity contribution in [2.45, 2.75) is 4.90 Å². The first-order valence-corrected chi connectivity index (χ1v) is 5.84. The normalized spacial score (nSPS) is 12.1. The molecule has 0 aliphatic rings. The maximum Gasteiger partial charge on any atom is 0.294 e. The summed E-state index contributed by atoms with van der Waals surface area (Å²) in [5.41, 5.74) is 0. The number of hydrogen-bond donors (Lipinski definition) is 1. The quantitative estimate of drug-likeness (QED) is 0.740. The Morgan fingerprint density at radius 2 is 2.00 bits per heavy atom. The molecule has 0 bridgehead atoms. The van der Waals surface area contributed by atoms with Gasteiger partial charge in [-0.3, -0.25) is 4.55 Å². The van der Waals surface area contributed by atoms with Crippen LogP contribution in [0.2, 0.25) is 0 Å². The highest BCUT2D eigenvalue weighted by Gasteiger charge is 2.09. The van der Waals surface area contributed by atoms with Crippen molar-refractivity contribution >= 4 is 31.5 Å². The van der Waals surface area contributed by atoms with E-state index in [2.05, 4.69) is 0 Å². The summed E-state index contributed by atoms with van der Waals surface area (Å²) in [6, 6.07) is 6.35. The summed E-state index contributed by atoms with van der Waals surface area (Å²) in [5, 5.41) is 2.71. The molecule has 0 fully saturated rings. The monoisotopic (exact) mass is 214 g/mol. The molecule has 1 heterocycles. The van der Waals surface area contributed by atoms with Crippen LogP contribution in [-0.4, -0.2) is 13.0 Å². The fourth-order valence-corrected chi connectivity index (χ4v) is 2.39. The Morgan fingerprint density at radius 3 is 2.69 bits per heavy atom. The minimum Gasteiger partial charge on any atom is -0.282 e. The molecule has 0 unspecified atom stereocenters. The third kappa shape index (κ3) is 1.58. The van der Waals surface area contributed by atoms with Gasteiger partial charge in [-0.25, -0.2) is 0 Å². The van der Waals surface area contributed by atoms with Crippen LogP contribution < -0.4 is 0 Å². The van der Waals surface area contributed by atoms with Gasteiger partial charge in [-0.1, -0.05) is 0 Å². The molecule has 0 aliphatic heterocycles.